The summed E-state index contributed by atoms with van der Waals surface area (Å²) in [4.78, 5) is 21.5. The van der Waals surface area contributed by atoms with Gasteiger partial charge >= 0.3 is 0 Å². The Kier molecular flexibility index (Phi) is 4.93. The lowest BCUT2D eigenvalue weighted by atomic mass is 9.89. The van der Waals surface area contributed by atoms with Crippen molar-refractivity contribution in [3.63, 3.8) is 0 Å². The van der Waals surface area contributed by atoms with E-state index in [1.165, 1.54) is 31.2 Å². The molecule has 1 saturated carbocycles. The summed E-state index contributed by atoms with van der Waals surface area (Å²) in [6.45, 7) is 4.89. The summed E-state index contributed by atoms with van der Waals surface area (Å²) in [6, 6.07) is 3.97. The number of hydrogen-bond donors (Lipinski definition) is 1. The molecular formula is C20H30N4O. The highest BCUT2D eigenvalue weighted by Crippen LogP contribution is 2.42. The van der Waals surface area contributed by atoms with Gasteiger partial charge in [-0.2, -0.15) is 0 Å². The summed E-state index contributed by atoms with van der Waals surface area (Å²) in [5, 5.41) is 0. The molecule has 3 aliphatic rings. The average molecular weight is 342 g/mol. The predicted molar refractivity (Wildman–Crippen MR) is 98.7 cm³/mol. The summed E-state index contributed by atoms with van der Waals surface area (Å²) in [7, 11) is 0. The SMILES string of the molecule is Nc1cc(CN2CCC(C(=O)N3CCC(C4CC4)CC3)CC2)ccn1. The van der Waals surface area contributed by atoms with Crippen LogP contribution in [0.5, 0.6) is 0 Å². The number of nitrogens with two attached hydrogens (primary N) is 1. The van der Waals surface area contributed by atoms with Crippen molar-refractivity contribution in [1.29, 1.82) is 0 Å². The van der Waals surface area contributed by atoms with E-state index in [4.69, 9.17) is 5.73 Å². The Labute approximate surface area is 150 Å². The van der Waals surface area contributed by atoms with Crippen molar-refractivity contribution in [3.8, 4) is 0 Å². The van der Waals surface area contributed by atoms with Gasteiger partial charge in [-0.15, -0.1) is 0 Å². The minimum Gasteiger partial charge on any atom is -0.384 e. The number of nitrogens with zero attached hydrogens (tertiary/aromatic N) is 3. The number of pyridine rings is 1. The van der Waals surface area contributed by atoms with Gasteiger partial charge in [0.05, 0.1) is 0 Å². The minimum absolute atomic E-state index is 0.233. The maximum Gasteiger partial charge on any atom is 0.225 e. The lowest BCUT2D eigenvalue weighted by Crippen LogP contribution is -2.45. The highest BCUT2D eigenvalue weighted by molar-refractivity contribution is 5.79. The largest absolute Gasteiger partial charge is 0.384 e. The molecule has 1 aromatic heterocycles. The number of aromatic nitrogens is 1. The van der Waals surface area contributed by atoms with Gasteiger partial charge in [0, 0.05) is 31.7 Å². The molecule has 5 nitrogen and oxygen atoms in total. The van der Waals surface area contributed by atoms with Gasteiger partial charge in [0.2, 0.25) is 5.91 Å². The van der Waals surface area contributed by atoms with Crippen LogP contribution in [0.2, 0.25) is 0 Å². The normalized spacial score (nSPS) is 23.8. The maximum atomic E-state index is 12.8. The predicted octanol–water partition coefficient (Wildman–Crippen LogP) is 2.52. The molecule has 5 heteroatoms. The van der Waals surface area contributed by atoms with E-state index in [0.717, 1.165) is 57.4 Å². The topological polar surface area (TPSA) is 62.5 Å². The maximum absolute atomic E-state index is 12.8. The van der Waals surface area contributed by atoms with E-state index in [1.54, 1.807) is 6.20 Å². The van der Waals surface area contributed by atoms with Crippen LogP contribution in [-0.2, 0) is 11.3 Å². The summed E-state index contributed by atoms with van der Waals surface area (Å²) < 4.78 is 0. The molecule has 1 amide bonds. The lowest BCUT2D eigenvalue weighted by Gasteiger charge is -2.37. The van der Waals surface area contributed by atoms with Crippen molar-refractivity contribution in [2.45, 2.75) is 45.1 Å². The van der Waals surface area contributed by atoms with Gasteiger partial charge in [-0.25, -0.2) is 4.98 Å². The van der Waals surface area contributed by atoms with Crippen LogP contribution in [0.4, 0.5) is 5.82 Å². The van der Waals surface area contributed by atoms with Crippen LogP contribution in [0.15, 0.2) is 18.3 Å². The lowest BCUT2D eigenvalue weighted by molar-refractivity contribution is -0.138. The number of likely N-dealkylation sites (tertiary alicyclic amines) is 2. The Morgan fingerprint density at radius 2 is 1.72 bits per heavy atom. The number of rotatable bonds is 4. The highest BCUT2D eigenvalue weighted by atomic mass is 16.2. The second-order valence-electron chi connectivity index (χ2n) is 8.14. The minimum atomic E-state index is 0.233. The number of carbonyl (C=O) groups is 1. The summed E-state index contributed by atoms with van der Waals surface area (Å²) in [5.41, 5.74) is 6.97. The summed E-state index contributed by atoms with van der Waals surface area (Å²) in [6.07, 6.45) is 9.08. The molecular weight excluding hydrogens is 312 g/mol. The molecule has 4 rings (SSSR count). The molecule has 0 spiro atoms. The van der Waals surface area contributed by atoms with Gasteiger partial charge in [0.15, 0.2) is 0 Å². The Morgan fingerprint density at radius 1 is 1.04 bits per heavy atom. The number of piperidine rings is 2. The first-order valence-corrected chi connectivity index (χ1v) is 9.90. The highest BCUT2D eigenvalue weighted by Gasteiger charge is 2.36. The monoisotopic (exact) mass is 342 g/mol. The van der Waals surface area contributed by atoms with Gasteiger partial charge in [-0.3, -0.25) is 9.69 Å². The zero-order chi connectivity index (χ0) is 17.2. The van der Waals surface area contributed by atoms with E-state index in [9.17, 15) is 4.79 Å². The molecule has 2 N–H and O–H groups in total. The third kappa shape index (κ3) is 4.14. The molecule has 0 atom stereocenters. The van der Waals surface area contributed by atoms with Crippen LogP contribution >= 0.6 is 0 Å². The van der Waals surface area contributed by atoms with Crippen LogP contribution in [0, 0.1) is 17.8 Å². The molecule has 0 bridgehead atoms. The molecule has 25 heavy (non-hydrogen) atoms. The molecule has 2 saturated heterocycles. The molecule has 136 valence electrons. The van der Waals surface area contributed by atoms with Crippen molar-refractivity contribution in [1.82, 2.24) is 14.8 Å². The van der Waals surface area contributed by atoms with Gasteiger partial charge in [-0.1, -0.05) is 0 Å². The van der Waals surface area contributed by atoms with Crippen molar-refractivity contribution >= 4 is 11.7 Å². The fourth-order valence-corrected chi connectivity index (χ4v) is 4.61. The molecule has 1 aromatic rings. The van der Waals surface area contributed by atoms with E-state index in [0.29, 0.717) is 11.7 Å². The van der Waals surface area contributed by atoms with Crippen molar-refractivity contribution in [2.24, 2.45) is 17.8 Å². The number of carbonyl (C=O) groups excluding carboxylic acids is 1. The molecule has 1 aliphatic carbocycles. The van der Waals surface area contributed by atoms with Crippen molar-refractivity contribution in [3.05, 3.63) is 23.9 Å². The van der Waals surface area contributed by atoms with Gasteiger partial charge in [0.1, 0.15) is 5.82 Å². The van der Waals surface area contributed by atoms with E-state index < -0.39 is 0 Å². The number of nitrogen functional groups attached to an aromatic ring is 1. The number of amides is 1. The van der Waals surface area contributed by atoms with Gasteiger partial charge in [-0.05, 0) is 81.1 Å². The van der Waals surface area contributed by atoms with Gasteiger partial charge in [0.25, 0.3) is 0 Å². The van der Waals surface area contributed by atoms with E-state index in [2.05, 4.69) is 14.8 Å². The first kappa shape index (κ1) is 16.8. The zero-order valence-corrected chi connectivity index (χ0v) is 15.1. The van der Waals surface area contributed by atoms with E-state index in [-0.39, 0.29) is 5.92 Å². The molecule has 0 radical (unpaired) electrons. The second kappa shape index (κ2) is 7.32. The fraction of sp³-hybridized carbons (Fsp3) is 0.700. The third-order valence-corrected chi connectivity index (χ3v) is 6.33. The fourth-order valence-electron chi connectivity index (χ4n) is 4.61. The van der Waals surface area contributed by atoms with Crippen LogP contribution < -0.4 is 5.73 Å². The van der Waals surface area contributed by atoms with Crippen molar-refractivity contribution in [2.75, 3.05) is 31.9 Å². The van der Waals surface area contributed by atoms with E-state index in [1.807, 2.05) is 12.1 Å². The molecule has 3 fully saturated rings. The summed E-state index contributed by atoms with van der Waals surface area (Å²) in [5.74, 6) is 3.12. The first-order chi connectivity index (χ1) is 12.2. The molecule has 0 unspecified atom stereocenters. The van der Waals surface area contributed by atoms with Crippen LogP contribution in [0.1, 0.15) is 44.1 Å². The third-order valence-electron chi connectivity index (χ3n) is 6.33. The zero-order valence-electron chi connectivity index (χ0n) is 15.1. The molecule has 2 aliphatic heterocycles. The van der Waals surface area contributed by atoms with Crippen molar-refractivity contribution < 1.29 is 4.79 Å². The van der Waals surface area contributed by atoms with Crippen LogP contribution in [0.25, 0.3) is 0 Å². The Balaban J connectivity index is 1.23. The Morgan fingerprint density at radius 3 is 2.36 bits per heavy atom. The quantitative estimate of drug-likeness (QED) is 0.913. The average Bonchev–Trinajstić information content (AvgIpc) is 3.47. The van der Waals surface area contributed by atoms with Crippen LogP contribution in [-0.4, -0.2) is 46.9 Å². The summed E-state index contributed by atoms with van der Waals surface area (Å²) >= 11 is 0. The van der Waals surface area contributed by atoms with Gasteiger partial charge < -0.3 is 10.6 Å². The first-order valence-electron chi connectivity index (χ1n) is 9.90. The second-order valence-corrected chi connectivity index (χ2v) is 8.14. The smallest absolute Gasteiger partial charge is 0.225 e. The number of hydrogen-bond acceptors (Lipinski definition) is 4. The Hall–Kier alpha value is -1.62. The Bertz CT molecular complexity index is 599. The molecule has 0 aromatic carbocycles. The number of anilines is 1. The van der Waals surface area contributed by atoms with E-state index >= 15 is 0 Å². The standard InChI is InChI=1S/C20H30N4O/c21-19-13-15(3-8-22-19)14-23-9-4-18(5-10-23)20(25)24-11-6-17(7-12-24)16-1-2-16/h3,8,13,16-18H,1-2,4-7,9-12,14H2,(H2,21,22). The molecule has 3 heterocycles. The van der Waals surface area contributed by atoms with Crippen LogP contribution in [0.3, 0.4) is 0 Å².